The van der Waals surface area contributed by atoms with E-state index in [0.717, 1.165) is 11.1 Å². The van der Waals surface area contributed by atoms with Crippen LogP contribution in [-0.2, 0) is 32.3 Å². The van der Waals surface area contributed by atoms with Gasteiger partial charge in [0.15, 0.2) is 0 Å². The Morgan fingerprint density at radius 1 is 0.784 bits per heavy atom. The van der Waals surface area contributed by atoms with Gasteiger partial charge in [0.1, 0.15) is 30.8 Å². The van der Waals surface area contributed by atoms with E-state index in [0.29, 0.717) is 17.2 Å². The van der Waals surface area contributed by atoms with Crippen LogP contribution in [0.5, 0.6) is 11.5 Å². The summed E-state index contributed by atoms with van der Waals surface area (Å²) in [6.07, 6.45) is -0.898. The van der Waals surface area contributed by atoms with Crippen molar-refractivity contribution in [2.75, 3.05) is 19.5 Å². The van der Waals surface area contributed by atoms with Crippen molar-refractivity contribution < 1.29 is 33.3 Å². The van der Waals surface area contributed by atoms with Gasteiger partial charge in [-0.3, -0.25) is 9.59 Å². The summed E-state index contributed by atoms with van der Waals surface area (Å²) in [5.41, 5.74) is 1.99. The molecular weight excluding hydrogens is 476 g/mol. The predicted molar refractivity (Wildman–Crippen MR) is 137 cm³/mol. The molecule has 194 valence electrons. The Morgan fingerprint density at radius 3 is 2.00 bits per heavy atom. The minimum absolute atomic E-state index is 0.00776. The second-order valence-electron chi connectivity index (χ2n) is 8.00. The largest absolute Gasteiger partial charge is 0.497 e. The number of anilines is 1. The van der Waals surface area contributed by atoms with Gasteiger partial charge < -0.3 is 29.6 Å². The van der Waals surface area contributed by atoms with Crippen molar-refractivity contribution in [3.63, 3.8) is 0 Å². The van der Waals surface area contributed by atoms with Crippen LogP contribution in [0.2, 0.25) is 0 Å². The maximum Gasteiger partial charge on any atom is 0.408 e. The Kier molecular flexibility index (Phi) is 10.3. The van der Waals surface area contributed by atoms with Crippen LogP contribution in [0.1, 0.15) is 24.0 Å². The van der Waals surface area contributed by atoms with Gasteiger partial charge in [-0.05, 0) is 29.7 Å². The molecule has 0 radical (unpaired) electrons. The zero-order valence-electron chi connectivity index (χ0n) is 20.8. The quantitative estimate of drug-likeness (QED) is 0.349. The van der Waals surface area contributed by atoms with Crippen molar-refractivity contribution in [1.82, 2.24) is 5.32 Å². The van der Waals surface area contributed by atoms with E-state index in [1.54, 1.807) is 18.2 Å². The van der Waals surface area contributed by atoms with Gasteiger partial charge in [0, 0.05) is 12.5 Å². The topological polar surface area (TPSA) is 112 Å². The van der Waals surface area contributed by atoms with Gasteiger partial charge in [-0.2, -0.15) is 0 Å². The minimum atomic E-state index is -1.08. The number of rotatable bonds is 12. The van der Waals surface area contributed by atoms with Crippen molar-refractivity contribution in [2.24, 2.45) is 0 Å². The van der Waals surface area contributed by atoms with Crippen molar-refractivity contribution in [1.29, 1.82) is 0 Å². The number of nitrogens with one attached hydrogen (secondary N) is 2. The van der Waals surface area contributed by atoms with Crippen LogP contribution >= 0.6 is 0 Å². The molecule has 0 unspecified atom stereocenters. The molecule has 0 fully saturated rings. The molecule has 9 heteroatoms. The number of ether oxygens (including phenoxy) is 4. The van der Waals surface area contributed by atoms with Crippen molar-refractivity contribution in [3.05, 3.63) is 90.0 Å². The summed E-state index contributed by atoms with van der Waals surface area (Å²) in [7, 11) is 2.97. The molecule has 2 N–H and O–H groups in total. The van der Waals surface area contributed by atoms with E-state index in [1.807, 2.05) is 60.7 Å². The van der Waals surface area contributed by atoms with E-state index in [1.165, 1.54) is 14.2 Å². The summed E-state index contributed by atoms with van der Waals surface area (Å²) in [4.78, 5) is 38.0. The van der Waals surface area contributed by atoms with E-state index in [-0.39, 0.29) is 26.1 Å². The smallest absolute Gasteiger partial charge is 0.408 e. The van der Waals surface area contributed by atoms with Crippen molar-refractivity contribution in [2.45, 2.75) is 32.1 Å². The number of carbonyl (C=O) groups excluding carboxylic acids is 3. The maximum atomic E-state index is 13.2. The average Bonchev–Trinajstić information content (AvgIpc) is 2.94. The predicted octanol–water partition coefficient (Wildman–Crippen LogP) is 4.46. The third-order valence-corrected chi connectivity index (χ3v) is 5.37. The first-order chi connectivity index (χ1) is 18.0. The lowest BCUT2D eigenvalue weighted by atomic mass is 10.1. The molecule has 37 heavy (non-hydrogen) atoms. The number of hydrogen-bond acceptors (Lipinski definition) is 7. The van der Waals surface area contributed by atoms with Crippen LogP contribution < -0.4 is 20.1 Å². The first-order valence-corrected chi connectivity index (χ1v) is 11.7. The van der Waals surface area contributed by atoms with E-state index in [2.05, 4.69) is 10.6 Å². The normalized spacial score (nSPS) is 11.1. The molecule has 3 aromatic rings. The molecule has 9 nitrogen and oxygen atoms in total. The Bertz CT molecular complexity index is 1170. The first-order valence-electron chi connectivity index (χ1n) is 11.7. The van der Waals surface area contributed by atoms with Gasteiger partial charge in [-0.25, -0.2) is 4.79 Å². The fourth-order valence-electron chi connectivity index (χ4n) is 3.38. The van der Waals surface area contributed by atoms with E-state index in [9.17, 15) is 14.4 Å². The van der Waals surface area contributed by atoms with Crippen molar-refractivity contribution in [3.8, 4) is 11.5 Å². The summed E-state index contributed by atoms with van der Waals surface area (Å²) in [5.74, 6) is -0.145. The van der Waals surface area contributed by atoms with Gasteiger partial charge in [0.25, 0.3) is 0 Å². The number of amides is 2. The molecule has 3 rings (SSSR count). The molecule has 0 saturated carbocycles. The molecule has 0 heterocycles. The molecule has 0 aliphatic rings. The minimum Gasteiger partial charge on any atom is -0.497 e. The molecule has 1 atom stereocenters. The number of methoxy groups -OCH3 is 2. The number of carbonyl (C=O) groups is 3. The zero-order valence-corrected chi connectivity index (χ0v) is 20.8. The fraction of sp³-hybridized carbons (Fsp3) is 0.250. The zero-order chi connectivity index (χ0) is 26.5. The standard InChI is InChI=1S/C28H30N2O7/c1-34-22-13-15-25(35-2)24(17-22)29-27(32)23(30-28(33)37-19-21-11-7-4-8-12-21)14-16-26(31)36-18-20-9-5-3-6-10-20/h3-13,15,17,23H,14,16,18-19H2,1-2H3,(H,29,32)(H,30,33)/t23-/m0/s1. The van der Waals surface area contributed by atoms with Crippen LogP contribution in [0.3, 0.4) is 0 Å². The Hall–Kier alpha value is -4.53. The number of esters is 1. The highest BCUT2D eigenvalue weighted by Crippen LogP contribution is 2.29. The second-order valence-corrected chi connectivity index (χ2v) is 8.00. The van der Waals surface area contributed by atoms with Gasteiger partial charge in [0.05, 0.1) is 19.9 Å². The van der Waals surface area contributed by atoms with Crippen LogP contribution in [0.4, 0.5) is 10.5 Å². The van der Waals surface area contributed by atoms with Crippen LogP contribution in [0.15, 0.2) is 78.9 Å². The molecule has 0 saturated heterocycles. The van der Waals surface area contributed by atoms with Crippen molar-refractivity contribution >= 4 is 23.7 Å². The highest BCUT2D eigenvalue weighted by atomic mass is 16.5. The highest BCUT2D eigenvalue weighted by molar-refractivity contribution is 5.98. The molecular formula is C28H30N2O7. The second kappa shape index (κ2) is 14.1. The third kappa shape index (κ3) is 8.88. The maximum absolute atomic E-state index is 13.2. The lowest BCUT2D eigenvalue weighted by molar-refractivity contribution is -0.145. The van der Waals surface area contributed by atoms with Crippen LogP contribution in [-0.4, -0.2) is 38.2 Å². The number of benzene rings is 3. The molecule has 0 bridgehead atoms. The van der Waals surface area contributed by atoms with Gasteiger partial charge in [-0.15, -0.1) is 0 Å². The summed E-state index contributed by atoms with van der Waals surface area (Å²) >= 11 is 0. The first kappa shape index (κ1) is 27.1. The summed E-state index contributed by atoms with van der Waals surface area (Å²) < 4.78 is 21.1. The molecule has 0 spiro atoms. The third-order valence-electron chi connectivity index (χ3n) is 5.37. The Morgan fingerprint density at radius 2 is 1.41 bits per heavy atom. The van der Waals surface area contributed by atoms with Crippen LogP contribution in [0, 0.1) is 0 Å². The van der Waals surface area contributed by atoms with Crippen LogP contribution in [0.25, 0.3) is 0 Å². The Labute approximate surface area is 215 Å². The fourth-order valence-corrected chi connectivity index (χ4v) is 3.38. The molecule has 0 aromatic heterocycles. The number of hydrogen-bond donors (Lipinski definition) is 2. The average molecular weight is 507 g/mol. The highest BCUT2D eigenvalue weighted by Gasteiger charge is 2.24. The van der Waals surface area contributed by atoms with E-state index < -0.39 is 24.0 Å². The molecule has 3 aromatic carbocycles. The Balaban J connectivity index is 1.64. The van der Waals surface area contributed by atoms with E-state index >= 15 is 0 Å². The SMILES string of the molecule is COc1ccc(OC)c(NC(=O)[C@H](CCC(=O)OCc2ccccc2)NC(=O)OCc2ccccc2)c1. The number of alkyl carbamates (subject to hydrolysis) is 1. The summed E-state index contributed by atoms with van der Waals surface area (Å²) in [5, 5.41) is 5.28. The van der Waals surface area contributed by atoms with Gasteiger partial charge >= 0.3 is 12.1 Å². The summed E-state index contributed by atoms with van der Waals surface area (Å²) in [6, 6.07) is 22.2. The van der Waals surface area contributed by atoms with Gasteiger partial charge in [0.2, 0.25) is 5.91 Å². The molecule has 0 aliphatic carbocycles. The molecule has 2 amide bonds. The lowest BCUT2D eigenvalue weighted by Crippen LogP contribution is -2.44. The molecule has 0 aliphatic heterocycles. The monoisotopic (exact) mass is 506 g/mol. The summed E-state index contributed by atoms with van der Waals surface area (Å²) in [6.45, 7) is 0.147. The van der Waals surface area contributed by atoms with E-state index in [4.69, 9.17) is 18.9 Å². The van der Waals surface area contributed by atoms with Gasteiger partial charge in [-0.1, -0.05) is 60.7 Å². The lowest BCUT2D eigenvalue weighted by Gasteiger charge is -2.19.